The van der Waals surface area contributed by atoms with Gasteiger partial charge in [-0.1, -0.05) is 0 Å². The van der Waals surface area contributed by atoms with E-state index in [1.54, 1.807) is 13.1 Å². The molecular weight excluding hydrogens is 166 g/mol. The van der Waals surface area contributed by atoms with Crippen molar-refractivity contribution in [3.8, 4) is 6.07 Å². The summed E-state index contributed by atoms with van der Waals surface area (Å²) in [4.78, 5) is 7.95. The molecule has 0 atom stereocenters. The van der Waals surface area contributed by atoms with Gasteiger partial charge in [-0.15, -0.1) is 0 Å². The minimum Gasteiger partial charge on any atom is -0.373 e. The van der Waals surface area contributed by atoms with Crippen molar-refractivity contribution in [2.24, 2.45) is 0 Å². The Morgan fingerprint density at radius 2 is 2.23 bits per heavy atom. The van der Waals surface area contributed by atoms with E-state index in [1.807, 2.05) is 6.07 Å². The van der Waals surface area contributed by atoms with Gasteiger partial charge in [-0.2, -0.15) is 5.26 Å². The quantitative estimate of drug-likeness (QED) is 0.667. The summed E-state index contributed by atoms with van der Waals surface area (Å²) in [6.45, 7) is 0.608. The minimum atomic E-state index is 0.471. The van der Waals surface area contributed by atoms with E-state index in [-0.39, 0.29) is 0 Å². The van der Waals surface area contributed by atoms with Gasteiger partial charge in [-0.25, -0.2) is 9.97 Å². The van der Waals surface area contributed by atoms with Crippen molar-refractivity contribution in [3.63, 3.8) is 0 Å². The van der Waals surface area contributed by atoms with Crippen LogP contribution in [0, 0.1) is 11.3 Å². The third-order valence-corrected chi connectivity index (χ3v) is 1.47. The van der Waals surface area contributed by atoms with Crippen molar-refractivity contribution in [3.05, 3.63) is 12.4 Å². The average molecular weight is 177 g/mol. The SMILES string of the molecule is CNc1cc(NCCC#N)ncn1. The zero-order chi connectivity index (χ0) is 9.52. The van der Waals surface area contributed by atoms with Crippen LogP contribution in [0.15, 0.2) is 12.4 Å². The number of nitrogens with zero attached hydrogens (tertiary/aromatic N) is 3. The summed E-state index contributed by atoms with van der Waals surface area (Å²) < 4.78 is 0. The Morgan fingerprint density at radius 1 is 1.46 bits per heavy atom. The highest BCUT2D eigenvalue weighted by atomic mass is 15.0. The molecule has 1 aromatic heterocycles. The molecule has 1 rings (SSSR count). The summed E-state index contributed by atoms with van der Waals surface area (Å²) in [6.07, 6.45) is 1.94. The largest absolute Gasteiger partial charge is 0.373 e. The first-order valence-corrected chi connectivity index (χ1v) is 3.97. The molecule has 0 unspecified atom stereocenters. The van der Waals surface area contributed by atoms with Crippen LogP contribution in [0.5, 0.6) is 0 Å². The minimum absolute atomic E-state index is 0.471. The molecule has 0 aliphatic heterocycles. The molecule has 13 heavy (non-hydrogen) atoms. The van der Waals surface area contributed by atoms with E-state index in [0.717, 1.165) is 11.6 Å². The van der Waals surface area contributed by atoms with E-state index >= 15 is 0 Å². The Kier molecular flexibility index (Phi) is 3.51. The van der Waals surface area contributed by atoms with Gasteiger partial charge in [0.15, 0.2) is 0 Å². The Hall–Kier alpha value is -1.83. The molecule has 0 aliphatic rings. The zero-order valence-corrected chi connectivity index (χ0v) is 7.41. The summed E-state index contributed by atoms with van der Waals surface area (Å²) in [5, 5.41) is 14.2. The van der Waals surface area contributed by atoms with Crippen LogP contribution in [0.1, 0.15) is 6.42 Å². The van der Waals surface area contributed by atoms with Gasteiger partial charge < -0.3 is 10.6 Å². The molecule has 0 amide bonds. The van der Waals surface area contributed by atoms with Crippen LogP contribution in [-0.4, -0.2) is 23.6 Å². The lowest BCUT2D eigenvalue weighted by Crippen LogP contribution is -2.03. The Morgan fingerprint density at radius 3 is 2.92 bits per heavy atom. The molecule has 0 fully saturated rings. The van der Waals surface area contributed by atoms with Crippen molar-refractivity contribution in [2.75, 3.05) is 24.2 Å². The first kappa shape index (κ1) is 9.26. The van der Waals surface area contributed by atoms with Crippen molar-refractivity contribution >= 4 is 11.6 Å². The zero-order valence-electron chi connectivity index (χ0n) is 7.41. The molecule has 0 aromatic carbocycles. The van der Waals surface area contributed by atoms with Gasteiger partial charge in [0.1, 0.15) is 18.0 Å². The maximum Gasteiger partial charge on any atom is 0.131 e. The fraction of sp³-hybridized carbons (Fsp3) is 0.375. The smallest absolute Gasteiger partial charge is 0.131 e. The summed E-state index contributed by atoms with van der Waals surface area (Å²) >= 11 is 0. The highest BCUT2D eigenvalue weighted by Crippen LogP contribution is 2.06. The number of hydrogen-bond acceptors (Lipinski definition) is 5. The van der Waals surface area contributed by atoms with Gasteiger partial charge in [0.05, 0.1) is 12.5 Å². The summed E-state index contributed by atoms with van der Waals surface area (Å²) in [5.74, 6) is 1.49. The molecule has 0 saturated heterocycles. The molecule has 2 N–H and O–H groups in total. The van der Waals surface area contributed by atoms with Crippen LogP contribution < -0.4 is 10.6 Å². The van der Waals surface area contributed by atoms with E-state index < -0.39 is 0 Å². The summed E-state index contributed by atoms with van der Waals surface area (Å²) in [6, 6.07) is 3.83. The molecule has 1 aromatic rings. The Bertz CT molecular complexity index is 304. The molecule has 1 heterocycles. The van der Waals surface area contributed by atoms with Crippen molar-refractivity contribution in [1.29, 1.82) is 5.26 Å². The van der Waals surface area contributed by atoms with E-state index in [4.69, 9.17) is 5.26 Å². The molecule has 68 valence electrons. The molecule has 5 nitrogen and oxygen atoms in total. The number of rotatable bonds is 4. The second-order valence-electron chi connectivity index (χ2n) is 2.37. The van der Waals surface area contributed by atoms with Gasteiger partial charge >= 0.3 is 0 Å². The number of nitrogens with one attached hydrogen (secondary N) is 2. The highest BCUT2D eigenvalue weighted by molar-refractivity contribution is 5.45. The number of hydrogen-bond donors (Lipinski definition) is 2. The molecule has 5 heteroatoms. The van der Waals surface area contributed by atoms with Crippen molar-refractivity contribution in [2.45, 2.75) is 6.42 Å². The molecule has 0 saturated carbocycles. The van der Waals surface area contributed by atoms with E-state index in [2.05, 4.69) is 20.6 Å². The first-order valence-electron chi connectivity index (χ1n) is 3.97. The fourth-order valence-corrected chi connectivity index (χ4v) is 0.837. The number of anilines is 2. The topological polar surface area (TPSA) is 73.6 Å². The van der Waals surface area contributed by atoms with Crippen LogP contribution in [0.4, 0.5) is 11.6 Å². The highest BCUT2D eigenvalue weighted by Gasteiger charge is 1.94. The lowest BCUT2D eigenvalue weighted by Gasteiger charge is -2.03. The van der Waals surface area contributed by atoms with Crippen molar-refractivity contribution < 1.29 is 0 Å². The van der Waals surface area contributed by atoms with Crippen LogP contribution in [0.2, 0.25) is 0 Å². The van der Waals surface area contributed by atoms with Gasteiger partial charge in [0.25, 0.3) is 0 Å². The third-order valence-electron chi connectivity index (χ3n) is 1.47. The lowest BCUT2D eigenvalue weighted by molar-refractivity contribution is 1.04. The predicted octanol–water partition coefficient (Wildman–Crippen LogP) is 0.844. The second kappa shape index (κ2) is 4.93. The van der Waals surface area contributed by atoms with Crippen molar-refractivity contribution in [1.82, 2.24) is 9.97 Å². The van der Waals surface area contributed by atoms with Gasteiger partial charge in [-0.3, -0.25) is 0 Å². The molecule has 0 radical (unpaired) electrons. The van der Waals surface area contributed by atoms with E-state index in [0.29, 0.717) is 13.0 Å². The molecule has 0 aliphatic carbocycles. The standard InChI is InChI=1S/C8H11N5/c1-10-7-5-8(13-6-12-7)11-4-2-3-9/h5-6H,2,4H2,1H3,(H2,10,11,12,13). The maximum absolute atomic E-state index is 8.31. The Labute approximate surface area is 76.8 Å². The van der Waals surface area contributed by atoms with Crippen LogP contribution in [-0.2, 0) is 0 Å². The maximum atomic E-state index is 8.31. The summed E-state index contributed by atoms with van der Waals surface area (Å²) in [5.41, 5.74) is 0. The second-order valence-corrected chi connectivity index (χ2v) is 2.37. The fourth-order valence-electron chi connectivity index (χ4n) is 0.837. The normalized spacial score (nSPS) is 8.92. The van der Waals surface area contributed by atoms with Gasteiger partial charge in [0.2, 0.25) is 0 Å². The Balaban J connectivity index is 2.52. The lowest BCUT2D eigenvalue weighted by atomic mass is 10.4. The van der Waals surface area contributed by atoms with Crippen LogP contribution >= 0.6 is 0 Å². The van der Waals surface area contributed by atoms with Gasteiger partial charge in [-0.05, 0) is 0 Å². The molecular formula is C8H11N5. The predicted molar refractivity (Wildman–Crippen MR) is 50.3 cm³/mol. The number of aromatic nitrogens is 2. The average Bonchev–Trinajstić information content (AvgIpc) is 2.19. The number of nitriles is 1. The van der Waals surface area contributed by atoms with E-state index in [9.17, 15) is 0 Å². The monoisotopic (exact) mass is 177 g/mol. The summed E-state index contributed by atoms with van der Waals surface area (Å²) in [7, 11) is 1.79. The molecule has 0 spiro atoms. The third kappa shape index (κ3) is 2.95. The molecule has 0 bridgehead atoms. The van der Waals surface area contributed by atoms with Crippen LogP contribution in [0.25, 0.3) is 0 Å². The first-order chi connectivity index (χ1) is 6.36. The van der Waals surface area contributed by atoms with Gasteiger partial charge in [0, 0.05) is 19.7 Å². The van der Waals surface area contributed by atoms with Crippen LogP contribution in [0.3, 0.4) is 0 Å². The van der Waals surface area contributed by atoms with E-state index in [1.165, 1.54) is 6.33 Å².